The Hall–Kier alpha value is -3.58. The Morgan fingerprint density at radius 2 is 1.60 bits per heavy atom. The van der Waals surface area contributed by atoms with Crippen LogP contribution in [-0.2, 0) is 32.6 Å². The van der Waals surface area contributed by atoms with Gasteiger partial charge in [-0.25, -0.2) is 22.9 Å². The zero-order valence-electron chi connectivity index (χ0n) is 22.5. The molecule has 0 amide bonds. The summed E-state index contributed by atoms with van der Waals surface area (Å²) in [5.41, 5.74) is 3.41. The fraction of sp³-hybridized carbons (Fsp3) is 0.226. The maximum absolute atomic E-state index is 12.6. The molecular weight excluding hydrogens is 576 g/mol. The molecule has 5 rings (SSSR count). The number of aliphatic hydroxyl groups is 1. The molecule has 218 valence electrons. The Morgan fingerprint density at radius 1 is 0.905 bits per heavy atom. The molecular formula is C31H30N2O7S2. The van der Waals surface area contributed by atoms with Gasteiger partial charge in [0.1, 0.15) is 5.03 Å². The molecule has 9 nitrogen and oxygen atoms in total. The molecule has 0 radical (unpaired) electrons. The van der Waals surface area contributed by atoms with Crippen LogP contribution in [0.3, 0.4) is 0 Å². The molecule has 11 heteroatoms. The average Bonchev–Trinajstić information content (AvgIpc) is 3.03. The Kier molecular flexibility index (Phi) is 9.68. The first-order valence-electron chi connectivity index (χ1n) is 13.3. The zero-order chi connectivity index (χ0) is 29.5. The van der Waals surface area contributed by atoms with E-state index >= 15 is 0 Å². The predicted molar refractivity (Wildman–Crippen MR) is 157 cm³/mol. The molecule has 1 aliphatic rings. The first kappa shape index (κ1) is 29.9. The zero-order valence-corrected chi connectivity index (χ0v) is 24.1. The van der Waals surface area contributed by atoms with Crippen LogP contribution in [0.1, 0.15) is 51.4 Å². The van der Waals surface area contributed by atoms with Crippen LogP contribution in [0.2, 0.25) is 0 Å². The van der Waals surface area contributed by atoms with Crippen molar-refractivity contribution >= 4 is 27.8 Å². The van der Waals surface area contributed by atoms with Gasteiger partial charge in [-0.2, -0.15) is 0 Å². The van der Waals surface area contributed by atoms with Crippen molar-refractivity contribution < 1.29 is 32.9 Å². The number of aliphatic hydroxyl groups excluding tert-OH is 1. The van der Waals surface area contributed by atoms with Gasteiger partial charge < -0.3 is 19.7 Å². The van der Waals surface area contributed by atoms with Crippen LogP contribution < -0.4 is 4.72 Å². The van der Waals surface area contributed by atoms with Gasteiger partial charge in [-0.1, -0.05) is 66.7 Å². The molecule has 0 aliphatic carbocycles. The molecule has 0 saturated carbocycles. The summed E-state index contributed by atoms with van der Waals surface area (Å²) in [6.07, 6.45) is 0.815. The molecule has 3 N–H and O–H groups in total. The van der Waals surface area contributed by atoms with Crippen LogP contribution in [0.15, 0.2) is 107 Å². The van der Waals surface area contributed by atoms with E-state index in [2.05, 4.69) is 9.71 Å². The van der Waals surface area contributed by atoms with E-state index < -0.39 is 22.3 Å². The molecule has 3 atom stereocenters. The number of thioether (sulfide) groups is 1. The van der Waals surface area contributed by atoms with Crippen LogP contribution in [0, 0.1) is 0 Å². The van der Waals surface area contributed by atoms with E-state index in [0.717, 1.165) is 22.3 Å². The van der Waals surface area contributed by atoms with E-state index in [-0.39, 0.29) is 35.8 Å². The standard InChI is InChI=1S/C31H30N2O7S2/c34-19-22-10-12-23(13-11-22)28-17-25(20-41-29-27(30(35)36)7-4-16-32-29)39-31(40-28)24-14-8-21(9-15-24)18-33-42(37,38)26-5-2-1-3-6-26/h1-16,25,28,31,33-34H,17-20H2,(H,35,36)/t25-,28+,31?/m0/s1. The van der Waals surface area contributed by atoms with Crippen molar-refractivity contribution in [1.82, 2.24) is 9.71 Å². The van der Waals surface area contributed by atoms with Crippen molar-refractivity contribution in [3.05, 3.63) is 125 Å². The number of sulfonamides is 1. The molecule has 1 unspecified atom stereocenters. The summed E-state index contributed by atoms with van der Waals surface area (Å²) < 4.78 is 40.5. The Bertz CT molecular complexity index is 1600. The highest BCUT2D eigenvalue weighted by Gasteiger charge is 2.32. The first-order valence-corrected chi connectivity index (χ1v) is 15.7. The van der Waals surface area contributed by atoms with Crippen LogP contribution in [0.5, 0.6) is 0 Å². The van der Waals surface area contributed by atoms with Gasteiger partial charge in [-0.05, 0) is 41.0 Å². The fourth-order valence-electron chi connectivity index (χ4n) is 4.52. The number of aromatic nitrogens is 1. The van der Waals surface area contributed by atoms with Gasteiger partial charge in [0, 0.05) is 30.5 Å². The van der Waals surface area contributed by atoms with E-state index in [4.69, 9.17) is 9.47 Å². The number of pyridine rings is 1. The lowest BCUT2D eigenvalue weighted by atomic mass is 10.0. The molecule has 0 spiro atoms. The molecule has 2 heterocycles. The lowest BCUT2D eigenvalue weighted by molar-refractivity contribution is -0.245. The second-order valence-electron chi connectivity index (χ2n) is 9.70. The van der Waals surface area contributed by atoms with Crippen LogP contribution in [0.4, 0.5) is 0 Å². The summed E-state index contributed by atoms with van der Waals surface area (Å²) >= 11 is 1.32. The van der Waals surface area contributed by atoms with Crippen molar-refractivity contribution in [1.29, 1.82) is 0 Å². The number of nitrogens with one attached hydrogen (secondary N) is 1. The number of benzene rings is 3. The number of hydrogen-bond donors (Lipinski definition) is 3. The largest absolute Gasteiger partial charge is 0.478 e. The lowest BCUT2D eigenvalue weighted by Gasteiger charge is -2.36. The van der Waals surface area contributed by atoms with Crippen molar-refractivity contribution in [3.63, 3.8) is 0 Å². The number of hydrogen-bond acceptors (Lipinski definition) is 8. The SMILES string of the molecule is O=C(O)c1cccnc1SC[C@@H]1C[C@H](c2ccc(CO)cc2)OC(c2ccc(CNS(=O)(=O)c3ccccc3)cc2)O1. The summed E-state index contributed by atoms with van der Waals surface area (Å²) in [6.45, 7) is 0.0691. The highest BCUT2D eigenvalue weighted by atomic mass is 32.2. The topological polar surface area (TPSA) is 135 Å². The van der Waals surface area contributed by atoms with E-state index in [1.165, 1.54) is 17.8 Å². The molecule has 1 aromatic heterocycles. The van der Waals surface area contributed by atoms with Gasteiger partial charge in [-0.3, -0.25) is 0 Å². The Balaban J connectivity index is 1.31. The predicted octanol–water partition coefficient (Wildman–Crippen LogP) is 5.09. The number of aromatic carboxylic acids is 1. The Labute approximate surface area is 248 Å². The highest BCUT2D eigenvalue weighted by molar-refractivity contribution is 7.99. The number of carboxylic acids is 1. The monoisotopic (exact) mass is 606 g/mol. The highest BCUT2D eigenvalue weighted by Crippen LogP contribution is 2.39. The molecule has 1 aliphatic heterocycles. The van der Waals surface area contributed by atoms with Gasteiger partial charge in [0.15, 0.2) is 6.29 Å². The van der Waals surface area contributed by atoms with E-state index in [9.17, 15) is 23.4 Å². The minimum absolute atomic E-state index is 0.0549. The molecule has 1 saturated heterocycles. The minimum Gasteiger partial charge on any atom is -0.478 e. The molecule has 1 fully saturated rings. The number of carboxylic acid groups (broad SMARTS) is 1. The normalized spacial score (nSPS) is 18.9. The third-order valence-electron chi connectivity index (χ3n) is 6.79. The van der Waals surface area contributed by atoms with Crippen molar-refractivity contribution in [2.45, 2.75) is 48.0 Å². The number of rotatable bonds is 11. The minimum atomic E-state index is -3.64. The average molecular weight is 607 g/mol. The molecule has 3 aromatic carbocycles. The van der Waals surface area contributed by atoms with Gasteiger partial charge in [0.2, 0.25) is 10.0 Å². The third-order valence-corrected chi connectivity index (χ3v) is 9.35. The molecule has 42 heavy (non-hydrogen) atoms. The third kappa shape index (κ3) is 7.43. The first-order chi connectivity index (χ1) is 20.3. The summed E-state index contributed by atoms with van der Waals surface area (Å²) in [4.78, 5) is 16.1. The maximum atomic E-state index is 12.6. The Morgan fingerprint density at radius 3 is 2.29 bits per heavy atom. The summed E-state index contributed by atoms with van der Waals surface area (Å²) in [7, 11) is -3.64. The van der Waals surface area contributed by atoms with Gasteiger partial charge in [0.25, 0.3) is 0 Å². The van der Waals surface area contributed by atoms with Gasteiger partial charge in [0.05, 0.1) is 29.3 Å². The quantitative estimate of drug-likeness (QED) is 0.200. The number of nitrogens with zero attached hydrogens (tertiary/aromatic N) is 1. The van der Waals surface area contributed by atoms with Crippen molar-refractivity contribution in [2.75, 3.05) is 5.75 Å². The second kappa shape index (κ2) is 13.6. The second-order valence-corrected chi connectivity index (χ2v) is 12.5. The summed E-state index contributed by atoms with van der Waals surface area (Å²) in [5, 5.41) is 19.4. The van der Waals surface area contributed by atoms with Crippen molar-refractivity contribution in [3.8, 4) is 0 Å². The van der Waals surface area contributed by atoms with E-state index in [1.54, 1.807) is 42.6 Å². The molecule has 0 bridgehead atoms. The summed E-state index contributed by atoms with van der Waals surface area (Å²) in [5.74, 6) is -0.578. The van der Waals surface area contributed by atoms with Crippen LogP contribution in [-0.4, -0.2) is 41.4 Å². The number of ether oxygens (including phenoxy) is 2. The van der Waals surface area contributed by atoms with Crippen LogP contribution in [0.25, 0.3) is 0 Å². The van der Waals surface area contributed by atoms with Gasteiger partial charge >= 0.3 is 5.97 Å². The van der Waals surface area contributed by atoms with Crippen LogP contribution >= 0.6 is 11.8 Å². The van der Waals surface area contributed by atoms with Gasteiger partial charge in [-0.15, -0.1) is 11.8 Å². The number of carbonyl (C=O) groups is 1. The lowest BCUT2D eigenvalue weighted by Crippen LogP contribution is -2.31. The van der Waals surface area contributed by atoms with E-state index in [1.807, 2.05) is 48.5 Å². The van der Waals surface area contributed by atoms with E-state index in [0.29, 0.717) is 17.2 Å². The fourth-order valence-corrected chi connectivity index (χ4v) is 6.56. The molecule has 4 aromatic rings. The smallest absolute Gasteiger partial charge is 0.338 e. The summed E-state index contributed by atoms with van der Waals surface area (Å²) in [6, 6.07) is 26.2. The maximum Gasteiger partial charge on any atom is 0.338 e. The van der Waals surface area contributed by atoms with Crippen molar-refractivity contribution in [2.24, 2.45) is 0 Å².